The topological polar surface area (TPSA) is 99.3 Å². The molecule has 1 aliphatic rings. The molecule has 29 heavy (non-hydrogen) atoms. The number of carbonyl (C=O) groups excluding carboxylic acids is 1. The molecule has 1 N–H and O–H groups in total. The average molecular weight is 396 g/mol. The van der Waals surface area contributed by atoms with Crippen LogP contribution < -0.4 is 10.1 Å². The second kappa shape index (κ2) is 7.34. The Bertz CT molecular complexity index is 1130. The number of nitrogens with zero attached hydrogens (tertiary/aromatic N) is 3. The van der Waals surface area contributed by atoms with E-state index in [1.165, 1.54) is 36.1 Å². The van der Waals surface area contributed by atoms with Crippen LogP contribution in [-0.2, 0) is 12.8 Å². The Hall–Kier alpha value is -3.75. The molecule has 0 atom stereocenters. The number of hydrogen-bond acceptors (Lipinski definition) is 5. The highest BCUT2D eigenvalue weighted by Crippen LogP contribution is 2.32. The van der Waals surface area contributed by atoms with E-state index in [4.69, 9.17) is 4.74 Å². The third-order valence-electron chi connectivity index (χ3n) is 4.87. The fourth-order valence-corrected chi connectivity index (χ4v) is 3.53. The first kappa shape index (κ1) is 18.6. The van der Waals surface area contributed by atoms with Crippen LogP contribution in [0.25, 0.3) is 5.69 Å². The minimum atomic E-state index is -0.556. The SMILES string of the molecule is COc1ccc([N+](=O)[O-])cc1NC(=O)c1nn(-c2ccccc2F)c2c1CCC2. The van der Waals surface area contributed by atoms with Crippen molar-refractivity contribution in [2.24, 2.45) is 0 Å². The van der Waals surface area contributed by atoms with Gasteiger partial charge in [0, 0.05) is 23.4 Å². The highest BCUT2D eigenvalue weighted by molar-refractivity contribution is 6.05. The Morgan fingerprint density at radius 1 is 1.28 bits per heavy atom. The molecule has 148 valence electrons. The normalized spacial score (nSPS) is 12.5. The fourth-order valence-electron chi connectivity index (χ4n) is 3.53. The molecule has 0 fully saturated rings. The molecule has 2 aromatic carbocycles. The van der Waals surface area contributed by atoms with E-state index in [2.05, 4.69) is 10.4 Å². The highest BCUT2D eigenvalue weighted by Gasteiger charge is 2.28. The Morgan fingerprint density at radius 2 is 2.07 bits per heavy atom. The summed E-state index contributed by atoms with van der Waals surface area (Å²) in [5, 5.41) is 18.1. The Kier molecular flexibility index (Phi) is 4.71. The van der Waals surface area contributed by atoms with Crippen LogP contribution in [0, 0.1) is 15.9 Å². The zero-order valence-corrected chi connectivity index (χ0v) is 15.5. The number of aromatic nitrogens is 2. The number of nitro groups is 1. The maximum atomic E-state index is 14.3. The van der Waals surface area contributed by atoms with Gasteiger partial charge in [-0.1, -0.05) is 12.1 Å². The predicted molar refractivity (Wildman–Crippen MR) is 103 cm³/mol. The number of para-hydroxylation sites is 1. The van der Waals surface area contributed by atoms with Crippen LogP contribution in [0.4, 0.5) is 15.8 Å². The van der Waals surface area contributed by atoms with Crippen LogP contribution >= 0.6 is 0 Å². The number of rotatable bonds is 5. The molecule has 4 rings (SSSR count). The van der Waals surface area contributed by atoms with Crippen LogP contribution in [0.15, 0.2) is 42.5 Å². The molecular weight excluding hydrogens is 379 g/mol. The maximum absolute atomic E-state index is 14.3. The third kappa shape index (κ3) is 3.31. The number of amides is 1. The van der Waals surface area contributed by atoms with Crippen molar-refractivity contribution >= 4 is 17.3 Å². The monoisotopic (exact) mass is 396 g/mol. The van der Waals surface area contributed by atoms with Crippen molar-refractivity contribution in [1.29, 1.82) is 0 Å². The van der Waals surface area contributed by atoms with Crippen molar-refractivity contribution < 1.29 is 18.8 Å². The summed E-state index contributed by atoms with van der Waals surface area (Å²) in [6, 6.07) is 10.2. The zero-order valence-electron chi connectivity index (χ0n) is 15.5. The number of fused-ring (bicyclic) bond motifs is 1. The van der Waals surface area contributed by atoms with Crippen LogP contribution in [-0.4, -0.2) is 27.7 Å². The quantitative estimate of drug-likeness (QED) is 0.524. The molecule has 1 aliphatic carbocycles. The summed E-state index contributed by atoms with van der Waals surface area (Å²) in [6.45, 7) is 0. The van der Waals surface area contributed by atoms with Gasteiger partial charge >= 0.3 is 0 Å². The summed E-state index contributed by atoms with van der Waals surface area (Å²) in [7, 11) is 1.40. The van der Waals surface area contributed by atoms with Crippen molar-refractivity contribution in [1.82, 2.24) is 9.78 Å². The minimum absolute atomic E-state index is 0.166. The van der Waals surface area contributed by atoms with Gasteiger partial charge in [-0.3, -0.25) is 14.9 Å². The van der Waals surface area contributed by atoms with E-state index in [-0.39, 0.29) is 28.5 Å². The van der Waals surface area contributed by atoms with Gasteiger partial charge in [0.2, 0.25) is 0 Å². The van der Waals surface area contributed by atoms with E-state index in [0.29, 0.717) is 12.8 Å². The second-order valence-electron chi connectivity index (χ2n) is 6.59. The van der Waals surface area contributed by atoms with E-state index in [1.54, 1.807) is 18.2 Å². The minimum Gasteiger partial charge on any atom is -0.495 e. The number of hydrogen-bond donors (Lipinski definition) is 1. The summed E-state index contributed by atoms with van der Waals surface area (Å²) >= 11 is 0. The third-order valence-corrected chi connectivity index (χ3v) is 4.87. The average Bonchev–Trinajstić information content (AvgIpc) is 3.31. The molecule has 0 spiro atoms. The first-order chi connectivity index (χ1) is 14.0. The number of non-ortho nitro benzene ring substituents is 1. The summed E-state index contributed by atoms with van der Waals surface area (Å²) in [6.07, 6.45) is 2.17. The molecule has 9 heteroatoms. The van der Waals surface area contributed by atoms with E-state index in [0.717, 1.165) is 17.7 Å². The Labute approximate surface area is 165 Å². The van der Waals surface area contributed by atoms with E-state index >= 15 is 0 Å². The molecule has 8 nitrogen and oxygen atoms in total. The van der Waals surface area contributed by atoms with Gasteiger partial charge in [-0.05, 0) is 37.5 Å². The van der Waals surface area contributed by atoms with Gasteiger partial charge in [0.1, 0.15) is 17.3 Å². The summed E-state index contributed by atoms with van der Waals surface area (Å²) in [4.78, 5) is 23.4. The number of nitro benzene ring substituents is 1. The van der Waals surface area contributed by atoms with Crippen molar-refractivity contribution in [3.05, 3.63) is 75.3 Å². The second-order valence-corrected chi connectivity index (χ2v) is 6.59. The fraction of sp³-hybridized carbons (Fsp3) is 0.200. The highest BCUT2D eigenvalue weighted by atomic mass is 19.1. The van der Waals surface area contributed by atoms with Gasteiger partial charge in [-0.2, -0.15) is 5.10 Å². The number of ether oxygens (including phenoxy) is 1. The number of methoxy groups -OCH3 is 1. The van der Waals surface area contributed by atoms with Crippen LogP contribution in [0.1, 0.15) is 28.2 Å². The molecule has 1 heterocycles. The molecule has 0 saturated carbocycles. The number of nitrogens with one attached hydrogen (secondary N) is 1. The lowest BCUT2D eigenvalue weighted by molar-refractivity contribution is -0.384. The molecule has 0 unspecified atom stereocenters. The van der Waals surface area contributed by atoms with Crippen LogP contribution in [0.2, 0.25) is 0 Å². The number of anilines is 1. The largest absolute Gasteiger partial charge is 0.495 e. The van der Waals surface area contributed by atoms with Gasteiger partial charge in [-0.15, -0.1) is 0 Å². The predicted octanol–water partition coefficient (Wildman–Crippen LogP) is 3.67. The zero-order chi connectivity index (χ0) is 20.5. The van der Waals surface area contributed by atoms with Crippen molar-refractivity contribution in [2.75, 3.05) is 12.4 Å². The van der Waals surface area contributed by atoms with Crippen molar-refractivity contribution in [3.63, 3.8) is 0 Å². The molecule has 3 aromatic rings. The van der Waals surface area contributed by atoms with Crippen molar-refractivity contribution in [3.8, 4) is 11.4 Å². The summed E-state index contributed by atoms with van der Waals surface area (Å²) in [5.41, 5.74) is 2.00. The first-order valence-corrected chi connectivity index (χ1v) is 8.99. The summed E-state index contributed by atoms with van der Waals surface area (Å²) < 4.78 is 20.9. The van der Waals surface area contributed by atoms with Gasteiger partial charge in [0.05, 0.1) is 17.7 Å². The van der Waals surface area contributed by atoms with E-state index in [9.17, 15) is 19.3 Å². The molecule has 0 radical (unpaired) electrons. The van der Waals surface area contributed by atoms with Crippen LogP contribution in [0.5, 0.6) is 5.75 Å². The number of carbonyl (C=O) groups is 1. The van der Waals surface area contributed by atoms with Crippen molar-refractivity contribution in [2.45, 2.75) is 19.3 Å². The van der Waals surface area contributed by atoms with Gasteiger partial charge in [0.25, 0.3) is 11.6 Å². The van der Waals surface area contributed by atoms with Gasteiger partial charge in [0.15, 0.2) is 5.69 Å². The number of benzene rings is 2. The maximum Gasteiger partial charge on any atom is 0.276 e. The first-order valence-electron chi connectivity index (χ1n) is 8.99. The lowest BCUT2D eigenvalue weighted by atomic mass is 10.2. The molecule has 1 amide bonds. The van der Waals surface area contributed by atoms with Gasteiger partial charge in [-0.25, -0.2) is 9.07 Å². The molecule has 0 aliphatic heterocycles. The standard InChI is InChI=1S/C20H17FN4O4/c1-29-18-10-9-12(25(27)28)11-15(18)22-20(26)19-13-5-4-8-16(13)24(23-19)17-7-3-2-6-14(17)21/h2-3,6-7,9-11H,4-5,8H2,1H3,(H,22,26). The lowest BCUT2D eigenvalue weighted by Gasteiger charge is -2.09. The summed E-state index contributed by atoms with van der Waals surface area (Å²) in [5.74, 6) is -0.678. The van der Waals surface area contributed by atoms with Crippen LogP contribution in [0.3, 0.4) is 0 Å². The Balaban J connectivity index is 1.73. The molecular formula is C20H17FN4O4. The molecule has 0 bridgehead atoms. The lowest BCUT2D eigenvalue weighted by Crippen LogP contribution is -2.16. The van der Waals surface area contributed by atoms with E-state index < -0.39 is 16.6 Å². The molecule has 0 saturated heterocycles. The smallest absolute Gasteiger partial charge is 0.276 e. The van der Waals surface area contributed by atoms with Gasteiger partial charge < -0.3 is 10.1 Å². The Morgan fingerprint density at radius 3 is 2.79 bits per heavy atom. The molecule has 1 aromatic heterocycles. The number of halogens is 1. The van der Waals surface area contributed by atoms with E-state index in [1.807, 2.05) is 0 Å².